The zero-order chi connectivity index (χ0) is 14.7. The number of halogens is 2. The summed E-state index contributed by atoms with van der Waals surface area (Å²) in [6, 6.07) is 4.15. The van der Waals surface area contributed by atoms with E-state index in [2.05, 4.69) is 32.7 Å². The van der Waals surface area contributed by atoms with Crippen LogP contribution in [0.1, 0.15) is 25.3 Å². The minimum Gasteiger partial charge on any atom is -0.369 e. The molecule has 0 radical (unpaired) electrons. The second kappa shape index (κ2) is 6.87. The number of piperidine rings is 1. The molecule has 2 N–H and O–H groups in total. The minimum atomic E-state index is -0.201. The van der Waals surface area contributed by atoms with Gasteiger partial charge in [0.1, 0.15) is 0 Å². The average Bonchev–Trinajstić information content (AvgIpc) is 2.49. The van der Waals surface area contributed by atoms with Gasteiger partial charge in [-0.3, -0.25) is 0 Å². The Morgan fingerprint density at radius 2 is 2.05 bits per heavy atom. The van der Waals surface area contributed by atoms with Crippen molar-refractivity contribution in [1.82, 2.24) is 4.90 Å². The summed E-state index contributed by atoms with van der Waals surface area (Å²) >= 11 is 3.31. The highest BCUT2D eigenvalue weighted by Crippen LogP contribution is 2.31. The van der Waals surface area contributed by atoms with Crippen molar-refractivity contribution in [3.8, 4) is 0 Å². The van der Waals surface area contributed by atoms with Crippen LogP contribution in [0.4, 0.5) is 10.1 Å². The molecule has 1 aliphatic rings. The van der Waals surface area contributed by atoms with Gasteiger partial charge in [0, 0.05) is 32.7 Å². The number of nitrogens with two attached hydrogens (primary N) is 1. The normalized spacial score (nSPS) is 17.4. The van der Waals surface area contributed by atoms with E-state index in [4.69, 9.17) is 5.73 Å². The summed E-state index contributed by atoms with van der Waals surface area (Å²) in [5.41, 5.74) is 7.07. The Bertz CT molecular complexity index is 459. The highest BCUT2D eigenvalue weighted by atomic mass is 79.9. The highest BCUT2D eigenvalue weighted by molar-refractivity contribution is 9.10. The minimum absolute atomic E-state index is 0.201. The van der Waals surface area contributed by atoms with E-state index >= 15 is 0 Å². The van der Waals surface area contributed by atoms with E-state index in [-0.39, 0.29) is 5.82 Å². The van der Waals surface area contributed by atoms with Crippen molar-refractivity contribution in [2.75, 3.05) is 31.6 Å². The molecular formula is C15H23BrFN3. The molecule has 0 saturated carbocycles. The lowest BCUT2D eigenvalue weighted by Gasteiger charge is -2.37. The van der Waals surface area contributed by atoms with Crippen LogP contribution in [0.5, 0.6) is 0 Å². The number of benzene rings is 1. The van der Waals surface area contributed by atoms with Gasteiger partial charge < -0.3 is 15.5 Å². The van der Waals surface area contributed by atoms with Crippen molar-refractivity contribution in [3.63, 3.8) is 0 Å². The molecule has 0 aromatic heterocycles. The number of nitrogens with zero attached hydrogens (tertiary/aromatic N) is 2. The van der Waals surface area contributed by atoms with Crippen LogP contribution in [0, 0.1) is 5.82 Å². The summed E-state index contributed by atoms with van der Waals surface area (Å²) in [6.07, 6.45) is 2.17. The fourth-order valence-corrected chi connectivity index (χ4v) is 3.33. The summed E-state index contributed by atoms with van der Waals surface area (Å²) < 4.78 is 14.9. The van der Waals surface area contributed by atoms with Crippen molar-refractivity contribution in [2.45, 2.75) is 32.4 Å². The third kappa shape index (κ3) is 3.15. The van der Waals surface area contributed by atoms with Crippen molar-refractivity contribution in [2.24, 2.45) is 5.73 Å². The molecule has 1 aromatic rings. The molecule has 1 aromatic carbocycles. The van der Waals surface area contributed by atoms with E-state index in [0.29, 0.717) is 22.7 Å². The van der Waals surface area contributed by atoms with E-state index in [1.807, 2.05) is 19.2 Å². The van der Waals surface area contributed by atoms with Gasteiger partial charge in [-0.05, 0) is 46.9 Å². The molecule has 1 saturated heterocycles. The van der Waals surface area contributed by atoms with Gasteiger partial charge in [0.2, 0.25) is 0 Å². The third-order valence-corrected chi connectivity index (χ3v) is 5.15. The Hall–Kier alpha value is -0.650. The summed E-state index contributed by atoms with van der Waals surface area (Å²) in [7, 11) is 1.99. The maximum atomic E-state index is 14.4. The fourth-order valence-electron chi connectivity index (χ4n) is 2.83. The SMILES string of the molecule is CCN1CCC(N(C)c2ccc(CN)c(Br)c2F)CC1. The molecule has 20 heavy (non-hydrogen) atoms. The molecule has 0 amide bonds. The topological polar surface area (TPSA) is 32.5 Å². The molecule has 2 rings (SSSR count). The van der Waals surface area contributed by atoms with Gasteiger partial charge >= 0.3 is 0 Å². The Balaban J connectivity index is 2.14. The van der Waals surface area contributed by atoms with E-state index < -0.39 is 0 Å². The van der Waals surface area contributed by atoms with Crippen LogP contribution in [0.3, 0.4) is 0 Å². The lowest BCUT2D eigenvalue weighted by molar-refractivity contribution is 0.220. The van der Waals surface area contributed by atoms with E-state index in [1.165, 1.54) is 0 Å². The Labute approximate surface area is 129 Å². The predicted molar refractivity (Wildman–Crippen MR) is 85.5 cm³/mol. The molecule has 0 bridgehead atoms. The molecule has 5 heteroatoms. The lowest BCUT2D eigenvalue weighted by Crippen LogP contribution is -2.43. The Morgan fingerprint density at radius 1 is 1.40 bits per heavy atom. The number of hydrogen-bond donors (Lipinski definition) is 1. The van der Waals surface area contributed by atoms with Gasteiger partial charge in [0.25, 0.3) is 0 Å². The molecule has 1 heterocycles. The maximum absolute atomic E-state index is 14.4. The average molecular weight is 344 g/mol. The standard InChI is InChI=1S/C15H23BrFN3/c1-3-20-8-6-12(7-9-20)19(2)13-5-4-11(10-18)14(16)15(13)17/h4-5,12H,3,6-10,18H2,1-2H3. The molecular weight excluding hydrogens is 321 g/mol. The molecule has 112 valence electrons. The summed E-state index contributed by atoms with van der Waals surface area (Å²) in [6.45, 7) is 5.81. The Kier molecular flexibility index (Phi) is 5.41. The molecule has 0 spiro atoms. The first-order chi connectivity index (χ1) is 9.58. The molecule has 1 aliphatic heterocycles. The number of likely N-dealkylation sites (tertiary alicyclic amines) is 1. The van der Waals surface area contributed by atoms with Crippen LogP contribution < -0.4 is 10.6 Å². The van der Waals surface area contributed by atoms with Crippen LogP contribution in [-0.2, 0) is 6.54 Å². The van der Waals surface area contributed by atoms with Crippen molar-refractivity contribution in [1.29, 1.82) is 0 Å². The van der Waals surface area contributed by atoms with Gasteiger partial charge in [-0.15, -0.1) is 0 Å². The smallest absolute Gasteiger partial charge is 0.160 e. The van der Waals surface area contributed by atoms with E-state index in [9.17, 15) is 4.39 Å². The van der Waals surface area contributed by atoms with Crippen molar-refractivity contribution >= 4 is 21.6 Å². The first-order valence-electron chi connectivity index (χ1n) is 7.20. The monoisotopic (exact) mass is 343 g/mol. The zero-order valence-electron chi connectivity index (χ0n) is 12.2. The quantitative estimate of drug-likeness (QED) is 0.912. The van der Waals surface area contributed by atoms with Crippen molar-refractivity contribution in [3.05, 3.63) is 28.0 Å². The molecule has 1 fully saturated rings. The van der Waals surface area contributed by atoms with Crippen LogP contribution >= 0.6 is 15.9 Å². The van der Waals surface area contributed by atoms with Gasteiger partial charge in [0.05, 0.1) is 10.2 Å². The lowest BCUT2D eigenvalue weighted by atomic mass is 10.0. The second-order valence-corrected chi connectivity index (χ2v) is 6.15. The van der Waals surface area contributed by atoms with E-state index in [1.54, 1.807) is 0 Å². The molecule has 0 aliphatic carbocycles. The molecule has 0 unspecified atom stereocenters. The number of rotatable bonds is 4. The van der Waals surface area contributed by atoms with Gasteiger partial charge in [-0.25, -0.2) is 4.39 Å². The summed E-state index contributed by atoms with van der Waals surface area (Å²) in [4.78, 5) is 4.52. The van der Waals surface area contributed by atoms with Gasteiger partial charge in [0.15, 0.2) is 5.82 Å². The number of anilines is 1. The molecule has 0 atom stereocenters. The maximum Gasteiger partial charge on any atom is 0.160 e. The zero-order valence-corrected chi connectivity index (χ0v) is 13.8. The van der Waals surface area contributed by atoms with Crippen LogP contribution in [0.15, 0.2) is 16.6 Å². The summed E-state index contributed by atoms with van der Waals surface area (Å²) in [5, 5.41) is 0. The van der Waals surface area contributed by atoms with Crippen LogP contribution in [0.25, 0.3) is 0 Å². The molecule has 3 nitrogen and oxygen atoms in total. The number of hydrogen-bond acceptors (Lipinski definition) is 3. The van der Waals surface area contributed by atoms with Crippen LogP contribution in [0.2, 0.25) is 0 Å². The Morgan fingerprint density at radius 3 is 2.60 bits per heavy atom. The first-order valence-corrected chi connectivity index (χ1v) is 7.99. The third-order valence-electron chi connectivity index (χ3n) is 4.29. The van der Waals surface area contributed by atoms with E-state index in [0.717, 1.165) is 38.0 Å². The summed E-state index contributed by atoms with van der Waals surface area (Å²) in [5.74, 6) is -0.201. The first kappa shape index (κ1) is 15.7. The van der Waals surface area contributed by atoms with Crippen molar-refractivity contribution < 1.29 is 4.39 Å². The fraction of sp³-hybridized carbons (Fsp3) is 0.600. The second-order valence-electron chi connectivity index (χ2n) is 5.35. The largest absolute Gasteiger partial charge is 0.369 e. The van der Waals surface area contributed by atoms with Crippen LogP contribution in [-0.4, -0.2) is 37.6 Å². The van der Waals surface area contributed by atoms with Gasteiger partial charge in [-0.1, -0.05) is 13.0 Å². The highest BCUT2D eigenvalue weighted by Gasteiger charge is 2.24. The predicted octanol–water partition coefficient (Wildman–Crippen LogP) is 2.97. The van der Waals surface area contributed by atoms with Gasteiger partial charge in [-0.2, -0.15) is 0 Å².